The number of carboxylic acids is 1. The zero-order valence-electron chi connectivity index (χ0n) is 13.1. The van der Waals surface area contributed by atoms with Crippen LogP contribution in [0.3, 0.4) is 0 Å². The minimum absolute atomic E-state index is 0. The number of nitrogen functional groups attached to an aromatic ring is 1. The second-order valence-electron chi connectivity index (χ2n) is 5.08. The van der Waals surface area contributed by atoms with E-state index >= 15 is 0 Å². The zero-order chi connectivity index (χ0) is 18.0. The van der Waals surface area contributed by atoms with Gasteiger partial charge in [0.1, 0.15) is 5.69 Å². The first kappa shape index (κ1) is 19.4. The Labute approximate surface area is 159 Å². The van der Waals surface area contributed by atoms with Gasteiger partial charge in [0.25, 0.3) is 0 Å². The van der Waals surface area contributed by atoms with E-state index < -0.39 is 11.8 Å². The van der Waals surface area contributed by atoms with Gasteiger partial charge in [0, 0.05) is 11.3 Å². The van der Waals surface area contributed by atoms with E-state index in [1.165, 1.54) is 12.1 Å². The van der Waals surface area contributed by atoms with Gasteiger partial charge in [-0.25, -0.2) is 14.2 Å². The van der Waals surface area contributed by atoms with Crippen LogP contribution in [0, 0.1) is 5.82 Å². The number of carboxylic acid groups (broad SMARTS) is 1. The monoisotopic (exact) mass is 394 g/mol. The molecule has 1 heterocycles. The quantitative estimate of drug-likeness (QED) is 0.606. The molecule has 0 bridgehead atoms. The van der Waals surface area contributed by atoms with Crippen LogP contribution in [-0.4, -0.2) is 21.0 Å². The van der Waals surface area contributed by atoms with Crippen LogP contribution in [0.5, 0.6) is 0 Å². The number of aromatic nitrogens is 2. The number of nitrogens with two attached hydrogens (primary N) is 1. The van der Waals surface area contributed by atoms with E-state index in [4.69, 9.17) is 22.4 Å². The highest BCUT2D eigenvalue weighted by atomic mass is 35.5. The average Bonchev–Trinajstić information content (AvgIpc) is 2.59. The van der Waals surface area contributed by atoms with Crippen molar-refractivity contribution in [2.75, 3.05) is 11.1 Å². The van der Waals surface area contributed by atoms with Gasteiger partial charge in [-0.05, 0) is 30.3 Å². The van der Waals surface area contributed by atoms with Crippen molar-refractivity contribution in [1.29, 1.82) is 0 Å². The molecule has 26 heavy (non-hydrogen) atoms. The van der Waals surface area contributed by atoms with Crippen molar-refractivity contribution in [3.63, 3.8) is 0 Å². The number of anilines is 3. The van der Waals surface area contributed by atoms with Crippen molar-refractivity contribution >= 4 is 47.4 Å². The number of nitrogens with zero attached hydrogens (tertiary/aromatic N) is 2. The number of carbonyl (C=O) groups is 1. The fourth-order valence-electron chi connectivity index (χ4n) is 2.18. The molecule has 2 aromatic carbocycles. The molecule has 0 spiro atoms. The Balaban J connectivity index is 0.00000243. The molecule has 3 aromatic rings. The van der Waals surface area contributed by atoms with Gasteiger partial charge < -0.3 is 16.2 Å². The van der Waals surface area contributed by atoms with Crippen molar-refractivity contribution in [3.05, 3.63) is 64.9 Å². The number of hydrogen-bond acceptors (Lipinski definition) is 5. The number of nitrogens with one attached hydrogen (secondary N) is 1. The summed E-state index contributed by atoms with van der Waals surface area (Å²) in [6, 6.07) is 12.6. The van der Waals surface area contributed by atoms with Gasteiger partial charge in [-0.2, -0.15) is 4.98 Å². The van der Waals surface area contributed by atoms with Crippen LogP contribution < -0.4 is 11.1 Å². The van der Waals surface area contributed by atoms with E-state index in [-0.39, 0.29) is 35.4 Å². The topological polar surface area (TPSA) is 101 Å². The first-order valence-corrected chi connectivity index (χ1v) is 7.52. The van der Waals surface area contributed by atoms with Crippen molar-refractivity contribution in [2.24, 2.45) is 0 Å². The van der Waals surface area contributed by atoms with Crippen LogP contribution in [0.15, 0.2) is 48.5 Å². The van der Waals surface area contributed by atoms with E-state index in [0.29, 0.717) is 16.3 Å². The van der Waals surface area contributed by atoms with E-state index in [2.05, 4.69) is 15.3 Å². The SMILES string of the molecule is Cl.Nc1nc(Nc2ccc(C(=O)O)cc2)nc(-c2ccccc2Cl)c1F. The van der Waals surface area contributed by atoms with Crippen LogP contribution in [0.2, 0.25) is 5.02 Å². The lowest BCUT2D eigenvalue weighted by molar-refractivity contribution is 0.0697. The summed E-state index contributed by atoms with van der Waals surface area (Å²) in [4.78, 5) is 18.9. The Bertz CT molecular complexity index is 952. The summed E-state index contributed by atoms with van der Waals surface area (Å²) in [7, 11) is 0. The third-order valence-corrected chi connectivity index (χ3v) is 3.72. The van der Waals surface area contributed by atoms with Gasteiger partial charge >= 0.3 is 5.97 Å². The molecule has 4 N–H and O–H groups in total. The highest BCUT2D eigenvalue weighted by Gasteiger charge is 2.16. The summed E-state index contributed by atoms with van der Waals surface area (Å²) in [6.45, 7) is 0. The second-order valence-corrected chi connectivity index (χ2v) is 5.49. The minimum Gasteiger partial charge on any atom is -0.478 e. The molecule has 134 valence electrons. The first-order chi connectivity index (χ1) is 12.0. The first-order valence-electron chi connectivity index (χ1n) is 7.14. The Morgan fingerprint density at radius 1 is 1.12 bits per heavy atom. The molecule has 6 nitrogen and oxygen atoms in total. The largest absolute Gasteiger partial charge is 0.478 e. The number of benzene rings is 2. The summed E-state index contributed by atoms with van der Waals surface area (Å²) < 4.78 is 14.3. The maximum atomic E-state index is 14.3. The Hall–Kier alpha value is -2.90. The highest BCUT2D eigenvalue weighted by Crippen LogP contribution is 2.31. The summed E-state index contributed by atoms with van der Waals surface area (Å²) in [6.07, 6.45) is 0. The lowest BCUT2D eigenvalue weighted by atomic mass is 10.1. The molecule has 0 saturated heterocycles. The predicted octanol–water partition coefficient (Wildman–Crippen LogP) is 4.38. The second kappa shape index (κ2) is 7.99. The fraction of sp³-hybridized carbons (Fsp3) is 0. The zero-order valence-corrected chi connectivity index (χ0v) is 14.7. The predicted molar refractivity (Wildman–Crippen MR) is 101 cm³/mol. The van der Waals surface area contributed by atoms with Gasteiger partial charge in [0.05, 0.1) is 10.6 Å². The summed E-state index contributed by atoms with van der Waals surface area (Å²) in [5.74, 6) is -2.05. The highest BCUT2D eigenvalue weighted by molar-refractivity contribution is 6.33. The summed E-state index contributed by atoms with van der Waals surface area (Å²) in [5, 5.41) is 12.1. The maximum absolute atomic E-state index is 14.3. The molecule has 0 aliphatic heterocycles. The molecule has 0 aliphatic rings. The van der Waals surface area contributed by atoms with Crippen LogP contribution in [0.4, 0.5) is 21.8 Å². The molecule has 0 radical (unpaired) electrons. The smallest absolute Gasteiger partial charge is 0.335 e. The Kier molecular flexibility index (Phi) is 5.97. The lowest BCUT2D eigenvalue weighted by Crippen LogP contribution is -2.06. The number of halogens is 3. The Morgan fingerprint density at radius 2 is 1.77 bits per heavy atom. The number of hydrogen-bond donors (Lipinski definition) is 3. The van der Waals surface area contributed by atoms with E-state index in [1.54, 1.807) is 36.4 Å². The van der Waals surface area contributed by atoms with E-state index in [0.717, 1.165) is 0 Å². The summed E-state index contributed by atoms with van der Waals surface area (Å²) >= 11 is 6.10. The molecule has 0 amide bonds. The Morgan fingerprint density at radius 3 is 2.38 bits per heavy atom. The molecule has 0 atom stereocenters. The van der Waals surface area contributed by atoms with Crippen LogP contribution >= 0.6 is 24.0 Å². The molecule has 9 heteroatoms. The third-order valence-electron chi connectivity index (χ3n) is 3.39. The normalized spacial score (nSPS) is 10.1. The fourth-order valence-corrected chi connectivity index (χ4v) is 2.40. The molecule has 1 aromatic heterocycles. The van der Waals surface area contributed by atoms with Crippen molar-refractivity contribution in [3.8, 4) is 11.3 Å². The molecular weight excluding hydrogens is 382 g/mol. The number of rotatable bonds is 4. The molecular formula is C17H13Cl2FN4O2. The third kappa shape index (κ3) is 4.01. The molecule has 3 rings (SSSR count). The molecule has 0 fully saturated rings. The number of aromatic carboxylic acids is 1. The lowest BCUT2D eigenvalue weighted by Gasteiger charge is -2.10. The van der Waals surface area contributed by atoms with Crippen LogP contribution in [0.1, 0.15) is 10.4 Å². The van der Waals surface area contributed by atoms with Crippen LogP contribution in [0.25, 0.3) is 11.3 Å². The molecule has 0 unspecified atom stereocenters. The average molecular weight is 395 g/mol. The standard InChI is InChI=1S/C17H12ClFN4O2.ClH/c18-12-4-2-1-3-11(12)14-13(19)15(20)23-17(22-14)21-10-7-5-9(6-8-10)16(24)25;/h1-8H,(H,24,25)(H3,20,21,22,23);1H. The van der Waals surface area contributed by atoms with Crippen LogP contribution in [-0.2, 0) is 0 Å². The van der Waals surface area contributed by atoms with Crippen molar-refractivity contribution < 1.29 is 14.3 Å². The van der Waals surface area contributed by atoms with Gasteiger partial charge in [0.2, 0.25) is 5.95 Å². The summed E-state index contributed by atoms with van der Waals surface area (Å²) in [5.41, 5.74) is 6.67. The van der Waals surface area contributed by atoms with E-state index in [9.17, 15) is 9.18 Å². The van der Waals surface area contributed by atoms with Gasteiger partial charge in [-0.3, -0.25) is 0 Å². The van der Waals surface area contributed by atoms with Crippen molar-refractivity contribution in [2.45, 2.75) is 0 Å². The molecule has 0 saturated carbocycles. The van der Waals surface area contributed by atoms with Crippen molar-refractivity contribution in [1.82, 2.24) is 9.97 Å². The van der Waals surface area contributed by atoms with Gasteiger partial charge in [0.15, 0.2) is 11.6 Å². The van der Waals surface area contributed by atoms with Gasteiger partial charge in [-0.1, -0.05) is 29.8 Å². The van der Waals surface area contributed by atoms with Gasteiger partial charge in [-0.15, -0.1) is 12.4 Å². The van der Waals surface area contributed by atoms with E-state index in [1.807, 2.05) is 0 Å². The molecule has 0 aliphatic carbocycles. The minimum atomic E-state index is -1.03. The maximum Gasteiger partial charge on any atom is 0.335 e.